The summed E-state index contributed by atoms with van der Waals surface area (Å²) in [5.41, 5.74) is 0. The molecule has 7 heteroatoms. The number of amides is 2. The van der Waals surface area contributed by atoms with Crippen LogP contribution in [0.25, 0.3) is 0 Å². The van der Waals surface area contributed by atoms with Gasteiger partial charge in [0.1, 0.15) is 0 Å². The summed E-state index contributed by atoms with van der Waals surface area (Å²) in [4.78, 5) is 33.6. The summed E-state index contributed by atoms with van der Waals surface area (Å²) in [5, 5.41) is 6.56. The molecule has 0 aromatic heterocycles. The van der Waals surface area contributed by atoms with E-state index < -0.39 is 0 Å². The minimum atomic E-state index is -0.0921. The second-order valence-corrected chi connectivity index (χ2v) is 7.76. The van der Waals surface area contributed by atoms with E-state index in [2.05, 4.69) is 46.6 Å². The molecule has 1 saturated carbocycles. The fourth-order valence-corrected chi connectivity index (χ4v) is 4.47. The zero-order valence-electron chi connectivity index (χ0n) is 16.8. The number of nitrogens with zero attached hydrogens (tertiary/aromatic N) is 3. The predicted octanol–water partition coefficient (Wildman–Crippen LogP) is 0.690. The van der Waals surface area contributed by atoms with Gasteiger partial charge in [-0.05, 0) is 45.2 Å². The minimum absolute atomic E-state index is 0.0402. The molecule has 1 aliphatic heterocycles. The molecule has 1 heterocycles. The van der Waals surface area contributed by atoms with E-state index in [1.807, 2.05) is 6.92 Å². The summed E-state index contributed by atoms with van der Waals surface area (Å²) in [7, 11) is 2.09. The number of rotatable bonds is 9. The zero-order valence-corrected chi connectivity index (χ0v) is 16.8. The first kappa shape index (κ1) is 19.9. The lowest BCUT2D eigenvalue weighted by Gasteiger charge is -2.17. The number of aliphatic imine (C=N–C) groups is 1. The molecule has 0 radical (unpaired) electrons. The molecule has 150 valence electrons. The Labute approximate surface area is 162 Å². The van der Waals surface area contributed by atoms with E-state index in [4.69, 9.17) is 0 Å². The standard InChI is InChI=1S/C20H33N5O2/c1-4-21-20(23-10-12-24(3)5-2)22-9-6-11-25-18(26)16-14-7-8-15(13-14)17(16)19(25)27/h7-8,14-17H,4-6,9-13H2,1-3H3,(H2,21,22,23). The van der Waals surface area contributed by atoms with Crippen LogP contribution in [0.3, 0.4) is 0 Å². The Morgan fingerprint density at radius 3 is 2.44 bits per heavy atom. The molecule has 7 nitrogen and oxygen atoms in total. The number of imide groups is 1. The third kappa shape index (κ3) is 4.18. The molecule has 3 rings (SSSR count). The monoisotopic (exact) mass is 375 g/mol. The first-order valence-corrected chi connectivity index (χ1v) is 10.3. The van der Waals surface area contributed by atoms with Gasteiger partial charge in [-0.1, -0.05) is 19.1 Å². The number of guanidine groups is 1. The van der Waals surface area contributed by atoms with Crippen LogP contribution in [0.4, 0.5) is 0 Å². The van der Waals surface area contributed by atoms with Gasteiger partial charge in [-0.15, -0.1) is 0 Å². The molecule has 1 saturated heterocycles. The van der Waals surface area contributed by atoms with Crippen LogP contribution in [0, 0.1) is 23.7 Å². The average Bonchev–Trinajstić information content (AvgIpc) is 3.33. The van der Waals surface area contributed by atoms with E-state index in [9.17, 15) is 9.59 Å². The van der Waals surface area contributed by atoms with Crippen molar-refractivity contribution in [2.24, 2.45) is 28.7 Å². The maximum Gasteiger partial charge on any atom is 0.233 e. The van der Waals surface area contributed by atoms with E-state index in [-0.39, 0.29) is 35.5 Å². The van der Waals surface area contributed by atoms with Crippen LogP contribution in [-0.2, 0) is 9.59 Å². The van der Waals surface area contributed by atoms with Crippen LogP contribution in [0.15, 0.2) is 17.1 Å². The number of fused-ring (bicyclic) bond motifs is 5. The van der Waals surface area contributed by atoms with Crippen molar-refractivity contribution in [1.82, 2.24) is 20.4 Å². The van der Waals surface area contributed by atoms with Crippen LogP contribution in [0.1, 0.15) is 26.7 Å². The Balaban J connectivity index is 1.45. The van der Waals surface area contributed by atoms with Gasteiger partial charge in [-0.3, -0.25) is 19.5 Å². The molecule has 0 aromatic carbocycles. The lowest BCUT2D eigenvalue weighted by Crippen LogP contribution is -2.41. The van der Waals surface area contributed by atoms with Gasteiger partial charge in [0.2, 0.25) is 11.8 Å². The van der Waals surface area contributed by atoms with Gasteiger partial charge in [0.15, 0.2) is 5.96 Å². The number of likely N-dealkylation sites (tertiary alicyclic amines) is 1. The Hall–Kier alpha value is -1.89. The normalized spacial score (nSPS) is 29.2. The van der Waals surface area contributed by atoms with Crippen LogP contribution < -0.4 is 10.6 Å². The molecule has 2 aliphatic carbocycles. The second kappa shape index (κ2) is 8.87. The SMILES string of the molecule is CCNC(=NCCCN1C(=O)C2C3C=CC(C3)C2C1=O)NCCN(C)CC. The van der Waals surface area contributed by atoms with Crippen LogP contribution >= 0.6 is 0 Å². The molecule has 3 aliphatic rings. The van der Waals surface area contributed by atoms with Crippen LogP contribution in [-0.4, -0.2) is 73.9 Å². The molecule has 4 unspecified atom stereocenters. The topological polar surface area (TPSA) is 77.0 Å². The Morgan fingerprint density at radius 2 is 1.85 bits per heavy atom. The van der Waals surface area contributed by atoms with Crippen LogP contribution in [0.5, 0.6) is 0 Å². The number of nitrogens with one attached hydrogen (secondary N) is 2. The number of likely N-dealkylation sites (N-methyl/N-ethyl adjacent to an activating group) is 1. The first-order valence-electron chi connectivity index (χ1n) is 10.3. The van der Waals surface area contributed by atoms with Crippen molar-refractivity contribution < 1.29 is 9.59 Å². The summed E-state index contributed by atoms with van der Waals surface area (Å²) >= 11 is 0. The highest BCUT2D eigenvalue weighted by Crippen LogP contribution is 2.52. The molecular formula is C20H33N5O2. The molecule has 27 heavy (non-hydrogen) atoms. The molecule has 4 atom stereocenters. The van der Waals surface area contributed by atoms with Crippen molar-refractivity contribution >= 4 is 17.8 Å². The summed E-state index contributed by atoms with van der Waals surface area (Å²) in [6, 6.07) is 0. The van der Waals surface area contributed by atoms with Gasteiger partial charge < -0.3 is 15.5 Å². The minimum Gasteiger partial charge on any atom is -0.357 e. The Morgan fingerprint density at radius 1 is 1.19 bits per heavy atom. The van der Waals surface area contributed by atoms with Gasteiger partial charge in [0.05, 0.1) is 11.8 Å². The van der Waals surface area contributed by atoms with Crippen molar-refractivity contribution in [1.29, 1.82) is 0 Å². The van der Waals surface area contributed by atoms with Gasteiger partial charge in [0.25, 0.3) is 0 Å². The third-order valence-corrected chi connectivity index (χ3v) is 6.04. The van der Waals surface area contributed by atoms with Crippen molar-refractivity contribution in [3.63, 3.8) is 0 Å². The lowest BCUT2D eigenvalue weighted by molar-refractivity contribution is -0.140. The van der Waals surface area contributed by atoms with Gasteiger partial charge in [-0.2, -0.15) is 0 Å². The summed E-state index contributed by atoms with van der Waals surface area (Å²) < 4.78 is 0. The van der Waals surface area contributed by atoms with Crippen molar-refractivity contribution in [3.05, 3.63) is 12.2 Å². The number of carbonyl (C=O) groups excluding carboxylic acids is 2. The van der Waals surface area contributed by atoms with Gasteiger partial charge >= 0.3 is 0 Å². The molecular weight excluding hydrogens is 342 g/mol. The molecule has 2 amide bonds. The third-order valence-electron chi connectivity index (χ3n) is 6.04. The summed E-state index contributed by atoms with van der Waals surface area (Å²) in [5.74, 6) is 1.25. The van der Waals surface area contributed by atoms with Gasteiger partial charge in [-0.25, -0.2) is 0 Å². The fraction of sp³-hybridized carbons (Fsp3) is 0.750. The quantitative estimate of drug-likeness (QED) is 0.204. The van der Waals surface area contributed by atoms with E-state index in [1.54, 1.807) is 0 Å². The fourth-order valence-electron chi connectivity index (χ4n) is 4.47. The largest absolute Gasteiger partial charge is 0.357 e. The predicted molar refractivity (Wildman–Crippen MR) is 106 cm³/mol. The van der Waals surface area contributed by atoms with E-state index in [0.717, 1.165) is 38.6 Å². The molecule has 0 spiro atoms. The number of hydrogen-bond donors (Lipinski definition) is 2. The Kier molecular flexibility index (Phi) is 6.52. The highest BCUT2D eigenvalue weighted by molar-refractivity contribution is 6.06. The van der Waals surface area contributed by atoms with Crippen molar-refractivity contribution in [3.8, 4) is 0 Å². The summed E-state index contributed by atoms with van der Waals surface area (Å²) in [6.45, 7) is 8.86. The molecule has 2 fully saturated rings. The average molecular weight is 376 g/mol. The maximum atomic E-state index is 12.7. The van der Waals surface area contributed by atoms with Crippen LogP contribution in [0.2, 0.25) is 0 Å². The first-order chi connectivity index (χ1) is 13.1. The highest BCUT2D eigenvalue weighted by atomic mass is 16.2. The van der Waals surface area contributed by atoms with Crippen molar-refractivity contribution in [2.45, 2.75) is 26.7 Å². The highest BCUT2D eigenvalue weighted by Gasteiger charge is 2.58. The number of allylic oxidation sites excluding steroid dienone is 2. The summed E-state index contributed by atoms with van der Waals surface area (Å²) in [6.07, 6.45) is 5.95. The van der Waals surface area contributed by atoms with Crippen molar-refractivity contribution in [2.75, 3.05) is 46.3 Å². The van der Waals surface area contributed by atoms with E-state index in [0.29, 0.717) is 19.5 Å². The van der Waals surface area contributed by atoms with E-state index >= 15 is 0 Å². The van der Waals surface area contributed by atoms with Gasteiger partial charge in [0, 0.05) is 32.7 Å². The number of carbonyl (C=O) groups is 2. The molecule has 2 bridgehead atoms. The van der Waals surface area contributed by atoms with E-state index in [1.165, 1.54) is 4.90 Å². The molecule has 2 N–H and O–H groups in total. The number of hydrogen-bond acceptors (Lipinski definition) is 4. The molecule has 0 aromatic rings. The lowest BCUT2D eigenvalue weighted by atomic mass is 9.85. The zero-order chi connectivity index (χ0) is 19.4. The maximum absolute atomic E-state index is 12.7. The second-order valence-electron chi connectivity index (χ2n) is 7.76. The smallest absolute Gasteiger partial charge is 0.233 e. The Bertz CT molecular complexity index is 587.